The molecule has 12 heavy (non-hydrogen) atoms. The maximum absolute atomic E-state index is 10.9. The van der Waals surface area contributed by atoms with Gasteiger partial charge >= 0.3 is 5.97 Å². The molecule has 0 bridgehead atoms. The Hall–Kier alpha value is -0.570. The fraction of sp³-hybridized carbons (Fsp3) is 0.889. The van der Waals surface area contributed by atoms with Gasteiger partial charge in [0.25, 0.3) is 0 Å². The smallest absolute Gasteiger partial charge is 0.308 e. The summed E-state index contributed by atoms with van der Waals surface area (Å²) in [4.78, 5) is 10.9. The van der Waals surface area contributed by atoms with Crippen molar-refractivity contribution < 1.29 is 14.6 Å². The number of aliphatic hydroxyl groups excluding tert-OH is 1. The highest BCUT2D eigenvalue weighted by Gasteiger charge is 2.12. The van der Waals surface area contributed by atoms with Crippen LogP contribution in [-0.2, 0) is 9.53 Å². The maximum atomic E-state index is 10.9. The molecule has 0 spiro atoms. The molecule has 0 aliphatic rings. The zero-order valence-electron chi connectivity index (χ0n) is 8.04. The van der Waals surface area contributed by atoms with E-state index in [1.54, 1.807) is 6.92 Å². The monoisotopic (exact) mass is 174 g/mol. The molecule has 72 valence electrons. The largest absolute Gasteiger partial charge is 0.466 e. The number of rotatable bonds is 5. The van der Waals surface area contributed by atoms with Crippen molar-refractivity contribution in [2.24, 2.45) is 5.92 Å². The Morgan fingerprint density at radius 2 is 2.08 bits per heavy atom. The molecule has 0 rings (SSSR count). The summed E-state index contributed by atoms with van der Waals surface area (Å²) in [6.07, 6.45) is 0.217. The maximum Gasteiger partial charge on any atom is 0.308 e. The highest BCUT2D eigenvalue weighted by Crippen LogP contribution is 2.07. The van der Waals surface area contributed by atoms with Crippen molar-refractivity contribution in [2.75, 3.05) is 6.61 Å². The van der Waals surface area contributed by atoms with E-state index in [4.69, 9.17) is 4.74 Å². The number of aliphatic hydroxyl groups is 1. The number of ether oxygens (including phenoxy) is 1. The van der Waals surface area contributed by atoms with Gasteiger partial charge in [-0.05, 0) is 19.3 Å². The molecular weight excluding hydrogens is 156 g/mol. The molecule has 3 nitrogen and oxygen atoms in total. The van der Waals surface area contributed by atoms with E-state index in [0.717, 1.165) is 0 Å². The first-order valence-electron chi connectivity index (χ1n) is 4.40. The van der Waals surface area contributed by atoms with Crippen molar-refractivity contribution in [3.63, 3.8) is 0 Å². The van der Waals surface area contributed by atoms with E-state index in [1.165, 1.54) is 0 Å². The standard InChI is InChI=1S/C9H18O3/c1-4-12-9(11)6-8(10)5-7(2)3/h7-8,10H,4-6H2,1-3H3/t8-/m0/s1. The van der Waals surface area contributed by atoms with Gasteiger partial charge in [0.1, 0.15) is 0 Å². The Labute approximate surface area is 73.7 Å². The fourth-order valence-corrected chi connectivity index (χ4v) is 1.04. The van der Waals surface area contributed by atoms with Crippen LogP contribution in [0.25, 0.3) is 0 Å². The third kappa shape index (κ3) is 6.16. The average Bonchev–Trinajstić information content (AvgIpc) is 1.84. The molecular formula is C9H18O3. The Balaban J connectivity index is 3.54. The second-order valence-corrected chi connectivity index (χ2v) is 3.29. The molecule has 1 N–H and O–H groups in total. The van der Waals surface area contributed by atoms with E-state index < -0.39 is 6.10 Å². The number of hydrogen-bond donors (Lipinski definition) is 1. The number of carbonyl (C=O) groups is 1. The van der Waals surface area contributed by atoms with Crippen molar-refractivity contribution >= 4 is 5.97 Å². The first kappa shape index (κ1) is 11.4. The molecule has 0 heterocycles. The molecule has 1 atom stereocenters. The minimum absolute atomic E-state index is 0.117. The van der Waals surface area contributed by atoms with Crippen molar-refractivity contribution in [3.8, 4) is 0 Å². The van der Waals surface area contributed by atoms with Crippen LogP contribution in [0.2, 0.25) is 0 Å². The Morgan fingerprint density at radius 1 is 1.50 bits per heavy atom. The van der Waals surface area contributed by atoms with Gasteiger partial charge in [0.2, 0.25) is 0 Å². The molecule has 0 aromatic carbocycles. The topological polar surface area (TPSA) is 46.5 Å². The molecule has 0 saturated heterocycles. The van der Waals surface area contributed by atoms with Crippen molar-refractivity contribution in [1.82, 2.24) is 0 Å². The van der Waals surface area contributed by atoms with Crippen LogP contribution in [0.5, 0.6) is 0 Å². The third-order valence-corrected chi connectivity index (χ3v) is 1.45. The predicted octanol–water partition coefficient (Wildman–Crippen LogP) is 1.35. The highest BCUT2D eigenvalue weighted by molar-refractivity contribution is 5.69. The van der Waals surface area contributed by atoms with Gasteiger partial charge in [0.05, 0.1) is 19.1 Å². The number of carbonyl (C=O) groups excluding carboxylic acids is 1. The van der Waals surface area contributed by atoms with Gasteiger partial charge in [-0.1, -0.05) is 13.8 Å². The van der Waals surface area contributed by atoms with Crippen LogP contribution in [0.4, 0.5) is 0 Å². The number of esters is 1. The molecule has 0 aliphatic carbocycles. The average molecular weight is 174 g/mol. The lowest BCUT2D eigenvalue weighted by Gasteiger charge is -2.11. The first-order chi connectivity index (χ1) is 5.56. The predicted molar refractivity (Wildman–Crippen MR) is 46.7 cm³/mol. The van der Waals surface area contributed by atoms with E-state index in [2.05, 4.69) is 0 Å². The van der Waals surface area contributed by atoms with E-state index in [1.807, 2.05) is 13.8 Å². The lowest BCUT2D eigenvalue weighted by atomic mass is 10.0. The molecule has 0 saturated carbocycles. The molecule has 0 aromatic heterocycles. The normalized spacial score (nSPS) is 13.1. The Kier molecular flexibility index (Phi) is 5.72. The summed E-state index contributed by atoms with van der Waals surface area (Å²) in [5, 5.41) is 9.32. The van der Waals surface area contributed by atoms with Crippen molar-refractivity contribution in [2.45, 2.75) is 39.7 Å². The summed E-state index contributed by atoms with van der Waals surface area (Å²) in [6, 6.07) is 0. The van der Waals surface area contributed by atoms with Crippen LogP contribution in [0.1, 0.15) is 33.6 Å². The van der Waals surface area contributed by atoms with Crippen LogP contribution in [0, 0.1) is 5.92 Å². The van der Waals surface area contributed by atoms with Gasteiger partial charge in [-0.25, -0.2) is 0 Å². The minimum atomic E-state index is -0.552. The molecule has 0 aromatic rings. The third-order valence-electron chi connectivity index (χ3n) is 1.45. The van der Waals surface area contributed by atoms with Crippen LogP contribution >= 0.6 is 0 Å². The van der Waals surface area contributed by atoms with Gasteiger partial charge < -0.3 is 9.84 Å². The lowest BCUT2D eigenvalue weighted by Crippen LogP contribution is -2.17. The van der Waals surface area contributed by atoms with Crippen LogP contribution < -0.4 is 0 Å². The van der Waals surface area contributed by atoms with E-state index in [-0.39, 0.29) is 12.4 Å². The highest BCUT2D eigenvalue weighted by atomic mass is 16.5. The van der Waals surface area contributed by atoms with Crippen LogP contribution in [-0.4, -0.2) is 23.8 Å². The van der Waals surface area contributed by atoms with Gasteiger partial charge in [0.15, 0.2) is 0 Å². The Bertz CT molecular complexity index is 132. The minimum Gasteiger partial charge on any atom is -0.466 e. The summed E-state index contributed by atoms with van der Waals surface area (Å²) in [5.74, 6) is 0.0973. The lowest BCUT2D eigenvalue weighted by molar-refractivity contribution is -0.145. The second kappa shape index (κ2) is 6.00. The molecule has 0 amide bonds. The summed E-state index contributed by atoms with van der Waals surface area (Å²) < 4.78 is 4.70. The number of hydrogen-bond acceptors (Lipinski definition) is 3. The van der Waals surface area contributed by atoms with Crippen molar-refractivity contribution in [1.29, 1.82) is 0 Å². The second-order valence-electron chi connectivity index (χ2n) is 3.29. The summed E-state index contributed by atoms with van der Waals surface area (Å²) in [7, 11) is 0. The SMILES string of the molecule is CCOC(=O)C[C@@H](O)CC(C)C. The molecule has 0 radical (unpaired) electrons. The quantitative estimate of drug-likeness (QED) is 0.640. The molecule has 0 unspecified atom stereocenters. The van der Waals surface area contributed by atoms with E-state index in [0.29, 0.717) is 18.9 Å². The molecule has 0 fully saturated rings. The van der Waals surface area contributed by atoms with Gasteiger partial charge in [-0.15, -0.1) is 0 Å². The van der Waals surface area contributed by atoms with E-state index >= 15 is 0 Å². The zero-order chi connectivity index (χ0) is 9.56. The Morgan fingerprint density at radius 3 is 2.50 bits per heavy atom. The summed E-state index contributed by atoms with van der Waals surface area (Å²) >= 11 is 0. The van der Waals surface area contributed by atoms with Crippen LogP contribution in [0.15, 0.2) is 0 Å². The van der Waals surface area contributed by atoms with E-state index in [9.17, 15) is 9.90 Å². The zero-order valence-corrected chi connectivity index (χ0v) is 8.04. The van der Waals surface area contributed by atoms with Crippen molar-refractivity contribution in [3.05, 3.63) is 0 Å². The van der Waals surface area contributed by atoms with Gasteiger partial charge in [0, 0.05) is 0 Å². The molecule has 0 aliphatic heterocycles. The first-order valence-corrected chi connectivity index (χ1v) is 4.40. The summed E-state index contributed by atoms with van der Waals surface area (Å²) in [5.41, 5.74) is 0. The summed E-state index contributed by atoms with van der Waals surface area (Å²) in [6.45, 7) is 6.16. The fourth-order valence-electron chi connectivity index (χ4n) is 1.04. The van der Waals surface area contributed by atoms with Gasteiger partial charge in [-0.3, -0.25) is 4.79 Å². The van der Waals surface area contributed by atoms with Crippen LogP contribution in [0.3, 0.4) is 0 Å². The molecule has 3 heteroatoms. The van der Waals surface area contributed by atoms with Gasteiger partial charge in [-0.2, -0.15) is 0 Å².